The van der Waals surface area contributed by atoms with Crippen molar-refractivity contribution >= 4 is 29.7 Å². The van der Waals surface area contributed by atoms with Gasteiger partial charge in [-0.15, -0.1) is 0 Å². The van der Waals surface area contributed by atoms with Crippen LogP contribution in [-0.2, 0) is 9.59 Å². The average Bonchev–Trinajstić information content (AvgIpc) is 2.84. The van der Waals surface area contributed by atoms with Gasteiger partial charge >= 0.3 is 12.0 Å². The zero-order chi connectivity index (χ0) is 13.4. The topological polar surface area (TPSA) is 108 Å². The van der Waals surface area contributed by atoms with Gasteiger partial charge in [0, 0.05) is 6.54 Å². The Morgan fingerprint density at radius 3 is 2.56 bits per heavy atom. The lowest BCUT2D eigenvalue weighted by molar-refractivity contribution is -0.137. The number of thioether (sulfide) groups is 1. The molecule has 18 heavy (non-hydrogen) atoms. The van der Waals surface area contributed by atoms with Crippen molar-refractivity contribution in [2.75, 3.05) is 31.1 Å². The molecule has 1 fully saturated rings. The first-order valence-corrected chi connectivity index (χ1v) is 6.81. The van der Waals surface area contributed by atoms with Gasteiger partial charge in [0.1, 0.15) is 6.54 Å². The first kappa shape index (κ1) is 14.6. The fraction of sp³-hybridized carbons (Fsp3) is 0.700. The predicted molar refractivity (Wildman–Crippen MR) is 67.5 cm³/mol. The molecule has 0 aliphatic carbocycles. The second-order valence-corrected chi connectivity index (χ2v) is 5.11. The van der Waals surface area contributed by atoms with Crippen LogP contribution in [-0.4, -0.2) is 54.2 Å². The maximum Gasteiger partial charge on any atom is 0.322 e. The SMILES string of the molecule is O=C(O)CNC(=O)CNC(=O)NCC1CCSC1. The molecule has 7 nitrogen and oxygen atoms in total. The fourth-order valence-corrected chi connectivity index (χ4v) is 2.73. The van der Waals surface area contributed by atoms with Crippen LogP contribution in [0.1, 0.15) is 6.42 Å². The summed E-state index contributed by atoms with van der Waals surface area (Å²) in [5, 5.41) is 15.5. The largest absolute Gasteiger partial charge is 0.480 e. The van der Waals surface area contributed by atoms with Crippen molar-refractivity contribution in [3.63, 3.8) is 0 Å². The summed E-state index contributed by atoms with van der Waals surface area (Å²) < 4.78 is 0. The first-order valence-electron chi connectivity index (χ1n) is 5.66. The van der Waals surface area contributed by atoms with Crippen LogP contribution in [0.2, 0.25) is 0 Å². The minimum Gasteiger partial charge on any atom is -0.480 e. The number of carbonyl (C=O) groups is 3. The Balaban J connectivity index is 2.05. The molecule has 1 rings (SSSR count). The number of rotatable bonds is 6. The Morgan fingerprint density at radius 1 is 1.17 bits per heavy atom. The standard InChI is InChI=1S/C10H17N3O4S/c14-8(11-5-9(15)16)4-13-10(17)12-3-7-1-2-18-6-7/h7H,1-6H2,(H,11,14)(H,15,16)(H2,12,13,17). The molecule has 0 bridgehead atoms. The molecule has 3 amide bonds. The molecule has 4 N–H and O–H groups in total. The van der Waals surface area contributed by atoms with Gasteiger partial charge in [0.25, 0.3) is 0 Å². The molecule has 1 atom stereocenters. The lowest BCUT2D eigenvalue weighted by Gasteiger charge is -2.10. The molecule has 1 aliphatic heterocycles. The van der Waals surface area contributed by atoms with E-state index in [9.17, 15) is 14.4 Å². The van der Waals surface area contributed by atoms with Crippen LogP contribution < -0.4 is 16.0 Å². The molecule has 0 aromatic carbocycles. The fourth-order valence-electron chi connectivity index (χ4n) is 1.44. The van der Waals surface area contributed by atoms with Gasteiger partial charge < -0.3 is 21.1 Å². The Hall–Kier alpha value is -1.44. The molecule has 0 aromatic heterocycles. The van der Waals surface area contributed by atoms with E-state index in [4.69, 9.17) is 5.11 Å². The van der Waals surface area contributed by atoms with Gasteiger partial charge in [0.15, 0.2) is 0 Å². The summed E-state index contributed by atoms with van der Waals surface area (Å²) >= 11 is 1.87. The van der Waals surface area contributed by atoms with Crippen molar-refractivity contribution < 1.29 is 19.5 Å². The normalized spacial score (nSPS) is 18.1. The summed E-state index contributed by atoms with van der Waals surface area (Å²) in [7, 11) is 0. The van der Waals surface area contributed by atoms with E-state index >= 15 is 0 Å². The molecule has 0 radical (unpaired) electrons. The van der Waals surface area contributed by atoms with Crippen molar-refractivity contribution in [3.8, 4) is 0 Å². The van der Waals surface area contributed by atoms with E-state index in [0.717, 1.165) is 17.9 Å². The Morgan fingerprint density at radius 2 is 1.94 bits per heavy atom. The molecule has 0 aromatic rings. The summed E-state index contributed by atoms with van der Waals surface area (Å²) in [6.45, 7) is -0.0600. The van der Waals surface area contributed by atoms with E-state index in [1.165, 1.54) is 0 Å². The molecule has 1 heterocycles. The number of carboxylic acids is 1. The molecule has 0 spiro atoms. The molecule has 0 saturated carbocycles. The maximum absolute atomic E-state index is 11.3. The second-order valence-electron chi connectivity index (χ2n) is 3.96. The first-order chi connectivity index (χ1) is 8.58. The van der Waals surface area contributed by atoms with Gasteiger partial charge in [-0.3, -0.25) is 9.59 Å². The molecule has 1 saturated heterocycles. The van der Waals surface area contributed by atoms with E-state index in [1.54, 1.807) is 0 Å². The zero-order valence-electron chi connectivity index (χ0n) is 9.90. The second kappa shape index (κ2) is 7.80. The van der Waals surface area contributed by atoms with Crippen LogP contribution in [0.3, 0.4) is 0 Å². The Bertz CT molecular complexity index is 318. The van der Waals surface area contributed by atoms with Gasteiger partial charge in [-0.2, -0.15) is 11.8 Å². The van der Waals surface area contributed by atoms with Crippen LogP contribution in [0, 0.1) is 5.92 Å². The molecule has 1 aliphatic rings. The Kier molecular flexibility index (Phi) is 6.34. The molecule has 102 valence electrons. The number of hydrogen-bond acceptors (Lipinski definition) is 4. The van der Waals surface area contributed by atoms with Gasteiger partial charge in [-0.25, -0.2) is 4.79 Å². The number of nitrogens with one attached hydrogen (secondary N) is 3. The van der Waals surface area contributed by atoms with Gasteiger partial charge in [0.2, 0.25) is 5.91 Å². The highest BCUT2D eigenvalue weighted by Gasteiger charge is 2.16. The van der Waals surface area contributed by atoms with E-state index in [1.807, 2.05) is 11.8 Å². The quantitative estimate of drug-likeness (QED) is 0.509. The minimum absolute atomic E-state index is 0.224. The summed E-state index contributed by atoms with van der Waals surface area (Å²) in [5.41, 5.74) is 0. The van der Waals surface area contributed by atoms with Crippen molar-refractivity contribution in [2.24, 2.45) is 5.92 Å². The van der Waals surface area contributed by atoms with Crippen LogP contribution >= 0.6 is 11.8 Å². The van der Waals surface area contributed by atoms with Crippen molar-refractivity contribution in [1.82, 2.24) is 16.0 Å². The number of carbonyl (C=O) groups excluding carboxylic acids is 2. The Labute approximate surface area is 109 Å². The molecular weight excluding hydrogens is 258 g/mol. The van der Waals surface area contributed by atoms with E-state index in [2.05, 4.69) is 16.0 Å². The lowest BCUT2D eigenvalue weighted by Crippen LogP contribution is -2.44. The summed E-state index contributed by atoms with van der Waals surface area (Å²) in [4.78, 5) is 32.6. The van der Waals surface area contributed by atoms with Crippen molar-refractivity contribution in [3.05, 3.63) is 0 Å². The third kappa shape index (κ3) is 6.33. The highest BCUT2D eigenvalue weighted by molar-refractivity contribution is 7.99. The van der Waals surface area contributed by atoms with Crippen LogP contribution in [0.4, 0.5) is 4.79 Å². The van der Waals surface area contributed by atoms with Crippen molar-refractivity contribution in [1.29, 1.82) is 0 Å². The average molecular weight is 275 g/mol. The highest BCUT2D eigenvalue weighted by atomic mass is 32.2. The molecular formula is C10H17N3O4S. The smallest absolute Gasteiger partial charge is 0.322 e. The van der Waals surface area contributed by atoms with Gasteiger partial charge in [0.05, 0.1) is 6.54 Å². The van der Waals surface area contributed by atoms with Crippen molar-refractivity contribution in [2.45, 2.75) is 6.42 Å². The van der Waals surface area contributed by atoms with Gasteiger partial charge in [-0.1, -0.05) is 0 Å². The molecule has 1 unspecified atom stereocenters. The highest BCUT2D eigenvalue weighted by Crippen LogP contribution is 2.22. The summed E-state index contributed by atoms with van der Waals surface area (Å²) in [6, 6.07) is -0.405. The number of hydrogen-bond donors (Lipinski definition) is 4. The summed E-state index contributed by atoms with van der Waals surface area (Å²) in [6.07, 6.45) is 1.10. The van der Waals surface area contributed by atoms with E-state index in [-0.39, 0.29) is 6.54 Å². The lowest BCUT2D eigenvalue weighted by atomic mass is 10.1. The molecule has 8 heteroatoms. The number of urea groups is 1. The minimum atomic E-state index is -1.12. The van der Waals surface area contributed by atoms with E-state index < -0.39 is 24.5 Å². The monoisotopic (exact) mass is 275 g/mol. The van der Waals surface area contributed by atoms with Gasteiger partial charge in [-0.05, 0) is 23.8 Å². The third-order valence-corrected chi connectivity index (χ3v) is 3.65. The number of aliphatic carboxylic acids is 1. The zero-order valence-corrected chi connectivity index (χ0v) is 10.7. The maximum atomic E-state index is 11.3. The number of carboxylic acid groups (broad SMARTS) is 1. The van der Waals surface area contributed by atoms with Crippen LogP contribution in [0.5, 0.6) is 0 Å². The van der Waals surface area contributed by atoms with Crippen LogP contribution in [0.15, 0.2) is 0 Å². The predicted octanol–water partition coefficient (Wildman–Crippen LogP) is -0.760. The number of amides is 3. The van der Waals surface area contributed by atoms with E-state index in [0.29, 0.717) is 12.5 Å². The summed E-state index contributed by atoms with van der Waals surface area (Å²) in [5.74, 6) is 1.04. The van der Waals surface area contributed by atoms with Crippen LogP contribution in [0.25, 0.3) is 0 Å². The third-order valence-electron chi connectivity index (χ3n) is 2.42.